The van der Waals surface area contributed by atoms with Gasteiger partial charge in [0.25, 0.3) is 0 Å². The van der Waals surface area contributed by atoms with Crippen LogP contribution in [0.25, 0.3) is 0 Å². The molecule has 4 N–H and O–H groups in total. The fraction of sp³-hybridized carbons (Fsp3) is 0.556. The summed E-state index contributed by atoms with van der Waals surface area (Å²) in [6, 6.07) is 0. The van der Waals surface area contributed by atoms with Crippen LogP contribution >= 0.6 is 12.2 Å². The van der Waals surface area contributed by atoms with Crippen molar-refractivity contribution in [3.8, 4) is 0 Å². The van der Waals surface area contributed by atoms with Gasteiger partial charge in [0.15, 0.2) is 0 Å². The van der Waals surface area contributed by atoms with Gasteiger partial charge in [0.1, 0.15) is 4.90 Å². The van der Waals surface area contributed by atoms with E-state index in [1.54, 1.807) is 6.92 Å². The molecule has 0 aliphatic carbocycles. The van der Waals surface area contributed by atoms with Gasteiger partial charge in [-0.1, -0.05) is 12.2 Å². The smallest absolute Gasteiger partial charge is 0.243 e. The number of nitrogens with two attached hydrogens (primary N) is 1. The Morgan fingerprint density at radius 3 is 2.82 bits per heavy atom. The molecule has 1 rings (SSSR count). The highest BCUT2D eigenvalue weighted by atomic mass is 32.2. The lowest BCUT2D eigenvalue weighted by Gasteiger charge is -2.05. The zero-order valence-electron chi connectivity index (χ0n) is 9.56. The van der Waals surface area contributed by atoms with Crippen LogP contribution in [0.15, 0.2) is 11.1 Å². The van der Waals surface area contributed by atoms with E-state index >= 15 is 0 Å². The molecule has 0 amide bonds. The Morgan fingerprint density at radius 1 is 1.59 bits per heavy atom. The highest BCUT2D eigenvalue weighted by Gasteiger charge is 2.17. The average Bonchev–Trinajstić information content (AvgIpc) is 2.64. The van der Waals surface area contributed by atoms with Crippen molar-refractivity contribution >= 4 is 27.2 Å². The molecule has 0 radical (unpaired) electrons. The number of H-pyrrole nitrogens is 1. The van der Waals surface area contributed by atoms with Crippen LogP contribution in [-0.2, 0) is 10.0 Å². The largest absolute Gasteiger partial charge is 0.393 e. The summed E-state index contributed by atoms with van der Waals surface area (Å²) >= 11 is 4.73. The number of rotatable bonds is 7. The molecule has 0 fully saturated rings. The van der Waals surface area contributed by atoms with Crippen LogP contribution in [-0.4, -0.2) is 30.1 Å². The molecule has 0 bridgehead atoms. The summed E-state index contributed by atoms with van der Waals surface area (Å²) in [4.78, 5) is 0.644. The van der Waals surface area contributed by atoms with E-state index in [1.807, 2.05) is 0 Å². The highest BCUT2D eigenvalue weighted by Crippen LogP contribution is 2.10. The highest BCUT2D eigenvalue weighted by molar-refractivity contribution is 7.89. The molecule has 0 aliphatic heterocycles. The Hall–Kier alpha value is -0.990. The number of hydrogen-bond donors (Lipinski definition) is 3. The molecule has 1 aromatic rings. The Balaban J connectivity index is 2.41. The Bertz CT molecular complexity index is 481. The van der Waals surface area contributed by atoms with Crippen LogP contribution in [0, 0.1) is 6.92 Å². The molecule has 0 unspecified atom stereocenters. The van der Waals surface area contributed by atoms with E-state index in [-0.39, 0.29) is 4.90 Å². The molecule has 0 aliphatic rings. The van der Waals surface area contributed by atoms with Gasteiger partial charge in [0.2, 0.25) is 10.0 Å². The maximum absolute atomic E-state index is 11.8. The minimum Gasteiger partial charge on any atom is -0.393 e. The van der Waals surface area contributed by atoms with E-state index in [0.717, 1.165) is 6.42 Å². The summed E-state index contributed by atoms with van der Waals surface area (Å²) in [5, 5.41) is 6.27. The zero-order chi connectivity index (χ0) is 12.9. The second-order valence-corrected chi connectivity index (χ2v) is 5.94. The zero-order valence-corrected chi connectivity index (χ0v) is 11.2. The number of hydrogen-bond acceptors (Lipinski definition) is 4. The van der Waals surface area contributed by atoms with Crippen molar-refractivity contribution in [1.82, 2.24) is 14.9 Å². The van der Waals surface area contributed by atoms with Crippen LogP contribution in [0.5, 0.6) is 0 Å². The number of aryl methyl sites for hydroxylation is 1. The fourth-order valence-electron chi connectivity index (χ4n) is 1.32. The van der Waals surface area contributed by atoms with Gasteiger partial charge in [0, 0.05) is 6.54 Å². The number of aromatic amines is 1. The lowest BCUT2D eigenvalue weighted by Crippen LogP contribution is -2.25. The van der Waals surface area contributed by atoms with Crippen LogP contribution < -0.4 is 10.5 Å². The summed E-state index contributed by atoms with van der Waals surface area (Å²) in [6.07, 6.45) is 3.42. The number of nitrogens with one attached hydrogen (secondary N) is 2. The van der Waals surface area contributed by atoms with Gasteiger partial charge in [-0.2, -0.15) is 5.10 Å². The molecule has 0 saturated carbocycles. The average molecular weight is 276 g/mol. The van der Waals surface area contributed by atoms with Crippen LogP contribution in [0.3, 0.4) is 0 Å². The second kappa shape index (κ2) is 6.08. The predicted octanol–water partition coefficient (Wildman–Crippen LogP) is 0.453. The number of nitrogens with zero attached hydrogens (tertiary/aromatic N) is 1. The van der Waals surface area contributed by atoms with Crippen molar-refractivity contribution in [2.45, 2.75) is 31.1 Å². The van der Waals surface area contributed by atoms with Crippen molar-refractivity contribution in [3.05, 3.63) is 11.9 Å². The molecular weight excluding hydrogens is 260 g/mol. The van der Waals surface area contributed by atoms with Gasteiger partial charge in [-0.3, -0.25) is 5.10 Å². The van der Waals surface area contributed by atoms with Gasteiger partial charge in [-0.15, -0.1) is 0 Å². The first kappa shape index (κ1) is 14.1. The van der Waals surface area contributed by atoms with Crippen LogP contribution in [0.2, 0.25) is 0 Å². The van der Waals surface area contributed by atoms with Gasteiger partial charge in [-0.25, -0.2) is 13.1 Å². The normalized spacial score (nSPS) is 11.6. The third-order valence-corrected chi connectivity index (χ3v) is 3.99. The fourth-order valence-corrected chi connectivity index (χ4v) is 2.67. The molecule has 0 saturated heterocycles. The summed E-state index contributed by atoms with van der Waals surface area (Å²) in [7, 11) is -3.46. The minimum absolute atomic E-state index is 0.187. The van der Waals surface area contributed by atoms with E-state index in [0.29, 0.717) is 30.1 Å². The standard InChI is InChI=1S/C9H16N4O2S2/c1-7-8(6-11-13-7)17(14,15)12-5-3-2-4-9(10)16/h6,12H,2-5H2,1H3,(H2,10,16)(H,11,13). The van der Waals surface area contributed by atoms with Crippen molar-refractivity contribution in [3.63, 3.8) is 0 Å². The predicted molar refractivity (Wildman–Crippen MR) is 69.1 cm³/mol. The van der Waals surface area contributed by atoms with E-state index in [4.69, 9.17) is 18.0 Å². The summed E-state index contributed by atoms with van der Waals surface area (Å²) < 4.78 is 26.1. The Kier molecular flexibility index (Phi) is 5.03. The van der Waals surface area contributed by atoms with Crippen molar-refractivity contribution in [2.75, 3.05) is 6.54 Å². The first-order valence-electron chi connectivity index (χ1n) is 5.21. The number of sulfonamides is 1. The molecule has 8 heteroatoms. The van der Waals surface area contributed by atoms with E-state index in [1.165, 1.54) is 6.20 Å². The topological polar surface area (TPSA) is 101 Å². The molecule has 1 aromatic heterocycles. The SMILES string of the molecule is Cc1[nH]ncc1S(=O)(=O)NCCCCC(N)=S. The summed E-state index contributed by atoms with van der Waals surface area (Å²) in [5.74, 6) is 0. The Morgan fingerprint density at radius 2 is 2.29 bits per heavy atom. The monoisotopic (exact) mass is 276 g/mol. The molecule has 17 heavy (non-hydrogen) atoms. The van der Waals surface area contributed by atoms with Crippen molar-refractivity contribution < 1.29 is 8.42 Å². The summed E-state index contributed by atoms with van der Waals surface area (Å²) in [6.45, 7) is 2.03. The number of thiocarbonyl (C=S) groups is 1. The molecule has 6 nitrogen and oxygen atoms in total. The molecule has 0 spiro atoms. The molecular formula is C9H16N4O2S2. The van der Waals surface area contributed by atoms with Crippen molar-refractivity contribution in [1.29, 1.82) is 0 Å². The third-order valence-electron chi connectivity index (χ3n) is 2.22. The maximum Gasteiger partial charge on any atom is 0.243 e. The van der Waals surface area contributed by atoms with E-state index < -0.39 is 10.0 Å². The minimum atomic E-state index is -3.46. The maximum atomic E-state index is 11.8. The lowest BCUT2D eigenvalue weighted by atomic mass is 10.2. The molecule has 1 heterocycles. The quantitative estimate of drug-likeness (QED) is 0.496. The van der Waals surface area contributed by atoms with Gasteiger partial charge >= 0.3 is 0 Å². The molecule has 0 aromatic carbocycles. The Labute approximate surface area is 106 Å². The van der Waals surface area contributed by atoms with E-state index in [9.17, 15) is 8.42 Å². The van der Waals surface area contributed by atoms with Crippen LogP contribution in [0.1, 0.15) is 25.0 Å². The molecule has 96 valence electrons. The summed E-state index contributed by atoms with van der Waals surface area (Å²) in [5.41, 5.74) is 5.87. The molecule has 0 atom stereocenters. The van der Waals surface area contributed by atoms with Gasteiger partial charge in [0.05, 0.1) is 16.9 Å². The second-order valence-electron chi connectivity index (χ2n) is 3.68. The van der Waals surface area contributed by atoms with Crippen molar-refractivity contribution in [2.24, 2.45) is 5.73 Å². The third kappa shape index (κ3) is 4.41. The number of unbranched alkanes of at least 4 members (excludes halogenated alkanes) is 1. The first-order valence-corrected chi connectivity index (χ1v) is 7.10. The first-order chi connectivity index (χ1) is 7.93. The van der Waals surface area contributed by atoms with Crippen LogP contribution in [0.4, 0.5) is 0 Å². The lowest BCUT2D eigenvalue weighted by molar-refractivity contribution is 0.577. The number of aromatic nitrogens is 2. The van der Waals surface area contributed by atoms with Gasteiger partial charge < -0.3 is 5.73 Å². The van der Waals surface area contributed by atoms with Gasteiger partial charge in [-0.05, 0) is 26.2 Å². The van der Waals surface area contributed by atoms with E-state index in [2.05, 4.69) is 14.9 Å².